The number of hydrogen-bond acceptors (Lipinski definition) is 8. The maximum atomic E-state index is 13.3. The van der Waals surface area contributed by atoms with E-state index in [9.17, 15) is 9.59 Å². The molecule has 1 fully saturated rings. The largest absolute Gasteiger partial charge is 0.381 e. The SMILES string of the molecule is Cc1cnc(NC2CCOCC2)nc1-c1ccc2c(c1)C(=O)N(CC(=O)NC(C)c1ccc(-c3ncccn3)cc1)C2. The molecule has 42 heavy (non-hydrogen) atoms. The maximum absolute atomic E-state index is 13.3. The summed E-state index contributed by atoms with van der Waals surface area (Å²) in [4.78, 5) is 45.7. The van der Waals surface area contributed by atoms with E-state index in [2.05, 4.69) is 25.6 Å². The number of hydrogen-bond donors (Lipinski definition) is 2. The van der Waals surface area contributed by atoms with Crippen molar-refractivity contribution in [3.63, 3.8) is 0 Å². The van der Waals surface area contributed by atoms with Gasteiger partial charge in [0, 0.05) is 61.1 Å². The minimum absolute atomic E-state index is 0.0190. The smallest absolute Gasteiger partial charge is 0.254 e. The second kappa shape index (κ2) is 12.0. The van der Waals surface area contributed by atoms with Crippen molar-refractivity contribution in [2.75, 3.05) is 25.1 Å². The zero-order valence-electron chi connectivity index (χ0n) is 23.7. The highest BCUT2D eigenvalue weighted by atomic mass is 16.5. The molecule has 0 aliphatic carbocycles. The van der Waals surface area contributed by atoms with E-state index in [0.717, 1.165) is 59.6 Å². The van der Waals surface area contributed by atoms with Crippen LogP contribution in [0.25, 0.3) is 22.6 Å². The molecule has 2 aliphatic heterocycles. The van der Waals surface area contributed by atoms with Crippen molar-refractivity contribution < 1.29 is 14.3 Å². The van der Waals surface area contributed by atoms with Crippen LogP contribution in [0, 0.1) is 6.92 Å². The van der Waals surface area contributed by atoms with Gasteiger partial charge in [0.25, 0.3) is 5.91 Å². The van der Waals surface area contributed by atoms with Gasteiger partial charge in [0.05, 0.1) is 11.7 Å². The molecule has 2 aliphatic rings. The first-order valence-corrected chi connectivity index (χ1v) is 14.2. The number of aryl methyl sites for hydroxylation is 1. The topological polar surface area (TPSA) is 122 Å². The van der Waals surface area contributed by atoms with Gasteiger partial charge < -0.3 is 20.3 Å². The third-order valence-corrected chi connectivity index (χ3v) is 7.73. The molecule has 1 saturated heterocycles. The highest BCUT2D eigenvalue weighted by Crippen LogP contribution is 2.30. The Morgan fingerprint density at radius 1 is 1.05 bits per heavy atom. The molecule has 2 N–H and O–H groups in total. The summed E-state index contributed by atoms with van der Waals surface area (Å²) >= 11 is 0. The molecule has 6 rings (SSSR count). The lowest BCUT2D eigenvalue weighted by molar-refractivity contribution is -0.122. The normalized spacial score (nSPS) is 15.8. The molecular formula is C32H33N7O3. The number of carbonyl (C=O) groups is 2. The maximum Gasteiger partial charge on any atom is 0.254 e. The van der Waals surface area contributed by atoms with Crippen LogP contribution in [-0.4, -0.2) is 62.5 Å². The van der Waals surface area contributed by atoms with E-state index >= 15 is 0 Å². The van der Waals surface area contributed by atoms with Gasteiger partial charge in [-0.15, -0.1) is 0 Å². The molecule has 2 amide bonds. The lowest BCUT2D eigenvalue weighted by atomic mass is 10.0. The lowest BCUT2D eigenvalue weighted by Crippen LogP contribution is -2.38. The highest BCUT2D eigenvalue weighted by Gasteiger charge is 2.30. The minimum atomic E-state index is -0.223. The van der Waals surface area contributed by atoms with E-state index in [1.54, 1.807) is 29.6 Å². The predicted octanol–water partition coefficient (Wildman–Crippen LogP) is 4.33. The Labute approximate surface area is 244 Å². The van der Waals surface area contributed by atoms with Crippen molar-refractivity contribution >= 4 is 17.8 Å². The van der Waals surface area contributed by atoms with E-state index in [0.29, 0.717) is 23.9 Å². The molecule has 0 bridgehead atoms. The molecule has 0 saturated carbocycles. The van der Waals surface area contributed by atoms with Crippen LogP contribution in [0.5, 0.6) is 0 Å². The van der Waals surface area contributed by atoms with E-state index < -0.39 is 0 Å². The third kappa shape index (κ3) is 5.99. The molecule has 0 radical (unpaired) electrons. The summed E-state index contributed by atoms with van der Waals surface area (Å²) in [6.45, 7) is 5.72. The van der Waals surface area contributed by atoms with E-state index in [4.69, 9.17) is 9.72 Å². The minimum Gasteiger partial charge on any atom is -0.381 e. The summed E-state index contributed by atoms with van der Waals surface area (Å²) in [7, 11) is 0. The molecule has 4 aromatic rings. The van der Waals surface area contributed by atoms with Crippen molar-refractivity contribution in [3.05, 3.63) is 89.4 Å². The molecule has 10 heteroatoms. The Hall–Kier alpha value is -4.70. The first-order chi connectivity index (χ1) is 20.4. The number of nitrogens with zero attached hydrogens (tertiary/aromatic N) is 5. The van der Waals surface area contributed by atoms with E-state index in [-0.39, 0.29) is 30.4 Å². The van der Waals surface area contributed by atoms with Crippen molar-refractivity contribution in [2.24, 2.45) is 0 Å². The van der Waals surface area contributed by atoms with Crippen LogP contribution in [0.3, 0.4) is 0 Å². The lowest BCUT2D eigenvalue weighted by Gasteiger charge is -2.23. The van der Waals surface area contributed by atoms with Gasteiger partial charge in [0.2, 0.25) is 11.9 Å². The van der Waals surface area contributed by atoms with Crippen molar-refractivity contribution in [2.45, 2.75) is 45.3 Å². The zero-order valence-corrected chi connectivity index (χ0v) is 23.7. The van der Waals surface area contributed by atoms with E-state index in [1.165, 1.54) is 0 Å². The number of fused-ring (bicyclic) bond motifs is 1. The fourth-order valence-electron chi connectivity index (χ4n) is 5.38. The van der Waals surface area contributed by atoms with Gasteiger partial charge in [-0.2, -0.15) is 0 Å². The third-order valence-electron chi connectivity index (χ3n) is 7.73. The number of rotatable bonds is 8. The summed E-state index contributed by atoms with van der Waals surface area (Å²) in [6.07, 6.45) is 7.05. The Bertz CT molecular complexity index is 1590. The molecule has 2 aromatic heterocycles. The molecule has 2 aromatic carbocycles. The van der Waals surface area contributed by atoms with Gasteiger partial charge in [-0.25, -0.2) is 19.9 Å². The standard InChI is InChI=1S/C32H33N7O3/c1-20-17-35-32(37-26-10-14-42-15-11-26)38-29(20)24-8-9-25-18-39(31(41)27(25)16-24)19-28(40)36-21(2)22-4-6-23(7-5-22)30-33-12-3-13-34-30/h3-9,12-13,16-17,21,26H,10-11,14-15,18-19H2,1-2H3,(H,36,40)(H,35,37,38). The summed E-state index contributed by atoms with van der Waals surface area (Å²) in [5, 5.41) is 6.44. The van der Waals surface area contributed by atoms with Crippen LogP contribution in [0.1, 0.15) is 52.9 Å². The number of aromatic nitrogens is 4. The van der Waals surface area contributed by atoms with Crippen LogP contribution < -0.4 is 10.6 Å². The Balaban J connectivity index is 1.09. The number of anilines is 1. The van der Waals surface area contributed by atoms with Gasteiger partial charge in [-0.1, -0.05) is 36.4 Å². The quantitative estimate of drug-likeness (QED) is 0.325. The van der Waals surface area contributed by atoms with Crippen LogP contribution in [-0.2, 0) is 16.1 Å². The number of benzene rings is 2. The Morgan fingerprint density at radius 3 is 2.55 bits per heavy atom. The Kier molecular flexibility index (Phi) is 7.87. The van der Waals surface area contributed by atoms with Crippen LogP contribution in [0.4, 0.5) is 5.95 Å². The molecule has 1 unspecified atom stereocenters. The fourth-order valence-corrected chi connectivity index (χ4v) is 5.38. The zero-order chi connectivity index (χ0) is 29.1. The van der Waals surface area contributed by atoms with Gasteiger partial charge in [-0.05, 0) is 55.5 Å². The molecule has 10 nitrogen and oxygen atoms in total. The van der Waals surface area contributed by atoms with Gasteiger partial charge in [0.1, 0.15) is 6.54 Å². The molecule has 1 atom stereocenters. The van der Waals surface area contributed by atoms with Crippen LogP contribution >= 0.6 is 0 Å². The van der Waals surface area contributed by atoms with Gasteiger partial charge >= 0.3 is 0 Å². The van der Waals surface area contributed by atoms with Crippen molar-refractivity contribution in [1.82, 2.24) is 30.2 Å². The average Bonchev–Trinajstić information content (AvgIpc) is 3.33. The first-order valence-electron chi connectivity index (χ1n) is 14.2. The first kappa shape index (κ1) is 27.5. The van der Waals surface area contributed by atoms with Gasteiger partial charge in [0.15, 0.2) is 5.82 Å². The van der Waals surface area contributed by atoms with Crippen molar-refractivity contribution in [1.29, 1.82) is 0 Å². The summed E-state index contributed by atoms with van der Waals surface area (Å²) in [5.74, 6) is 0.853. The molecule has 0 spiro atoms. The average molecular weight is 564 g/mol. The number of carbonyl (C=O) groups excluding carboxylic acids is 2. The second-order valence-electron chi connectivity index (χ2n) is 10.8. The number of nitrogens with one attached hydrogen (secondary N) is 2. The predicted molar refractivity (Wildman–Crippen MR) is 158 cm³/mol. The van der Waals surface area contributed by atoms with E-state index in [1.807, 2.05) is 56.3 Å². The second-order valence-corrected chi connectivity index (χ2v) is 10.8. The summed E-state index contributed by atoms with van der Waals surface area (Å²) < 4.78 is 5.45. The van der Waals surface area contributed by atoms with Crippen LogP contribution in [0.15, 0.2) is 67.1 Å². The molecular weight excluding hydrogens is 530 g/mol. The van der Waals surface area contributed by atoms with Gasteiger partial charge in [-0.3, -0.25) is 9.59 Å². The summed E-state index contributed by atoms with van der Waals surface area (Å²) in [6, 6.07) is 15.4. The molecule has 4 heterocycles. The van der Waals surface area contributed by atoms with Crippen LogP contribution in [0.2, 0.25) is 0 Å². The van der Waals surface area contributed by atoms with Crippen molar-refractivity contribution in [3.8, 4) is 22.6 Å². The summed E-state index contributed by atoms with van der Waals surface area (Å²) in [5.41, 5.74) is 5.91. The highest BCUT2D eigenvalue weighted by molar-refractivity contribution is 6.01. The number of amides is 2. The number of ether oxygens (including phenoxy) is 1. The fraction of sp³-hybridized carbons (Fsp3) is 0.312. The Morgan fingerprint density at radius 2 is 1.79 bits per heavy atom. The molecule has 214 valence electrons. The monoisotopic (exact) mass is 563 g/mol.